The molecule has 1 fully saturated rings. The number of oxazole rings is 1. The summed E-state index contributed by atoms with van der Waals surface area (Å²) in [7, 11) is 0. The predicted molar refractivity (Wildman–Crippen MR) is 101 cm³/mol. The molecule has 0 saturated heterocycles. The zero-order valence-electron chi connectivity index (χ0n) is 16.1. The van der Waals surface area contributed by atoms with Crippen molar-refractivity contribution in [1.82, 2.24) is 14.8 Å². The smallest absolute Gasteiger partial charge is 0.247 e. The summed E-state index contributed by atoms with van der Waals surface area (Å²) in [5, 5.41) is 4.63. The quantitative estimate of drug-likeness (QED) is 0.721. The van der Waals surface area contributed by atoms with Crippen LogP contribution in [0.25, 0.3) is 17.3 Å². The Balaban J connectivity index is 1.67. The van der Waals surface area contributed by atoms with Gasteiger partial charge >= 0.3 is 0 Å². The molecule has 1 amide bonds. The van der Waals surface area contributed by atoms with E-state index in [1.165, 1.54) is 18.3 Å². The van der Waals surface area contributed by atoms with Crippen LogP contribution in [0, 0.1) is 11.6 Å². The number of carbonyl (C=O) groups is 1. The van der Waals surface area contributed by atoms with E-state index >= 15 is 0 Å². The SMILES string of the molecule is CC(C)(C(N)=O)c1cnc(-c2nn(-c3ccc(F)cc3F)c3c2C2CCC3C2)o1. The second-order valence-corrected chi connectivity index (χ2v) is 8.38. The maximum atomic E-state index is 14.5. The number of hydrogen-bond acceptors (Lipinski definition) is 4. The number of benzene rings is 1. The highest BCUT2D eigenvalue weighted by molar-refractivity contribution is 5.85. The van der Waals surface area contributed by atoms with E-state index in [9.17, 15) is 13.6 Å². The standard InChI is InChI=1S/C21H20F2N4O2/c1-21(2,20(24)28)15-9-25-19(29-15)17-16-10-3-4-11(7-10)18(16)27(26-17)14-6-5-12(22)8-13(14)23/h5-6,8-11H,3-4,7H2,1-2H3,(H2,24,28). The summed E-state index contributed by atoms with van der Waals surface area (Å²) >= 11 is 0. The van der Waals surface area contributed by atoms with Gasteiger partial charge in [-0.25, -0.2) is 18.4 Å². The number of amides is 1. The molecule has 3 aromatic rings. The zero-order chi connectivity index (χ0) is 20.5. The van der Waals surface area contributed by atoms with Crippen molar-refractivity contribution in [2.75, 3.05) is 0 Å². The first-order chi connectivity index (χ1) is 13.8. The number of fused-ring (bicyclic) bond motifs is 5. The van der Waals surface area contributed by atoms with Crippen molar-refractivity contribution in [3.63, 3.8) is 0 Å². The van der Waals surface area contributed by atoms with Crippen molar-refractivity contribution < 1.29 is 18.0 Å². The van der Waals surface area contributed by atoms with Crippen LogP contribution < -0.4 is 5.73 Å². The maximum absolute atomic E-state index is 14.5. The Hall–Kier alpha value is -3.03. The minimum absolute atomic E-state index is 0.200. The van der Waals surface area contributed by atoms with Crippen molar-refractivity contribution in [2.24, 2.45) is 5.73 Å². The fraction of sp³-hybridized carbons (Fsp3) is 0.381. The van der Waals surface area contributed by atoms with Gasteiger partial charge in [0.15, 0.2) is 11.5 Å². The van der Waals surface area contributed by atoms with Gasteiger partial charge in [-0.05, 0) is 51.2 Å². The number of primary amides is 1. The van der Waals surface area contributed by atoms with Crippen LogP contribution in [-0.2, 0) is 10.2 Å². The average Bonchev–Trinajstić information content (AvgIpc) is 3.42. The first-order valence-corrected chi connectivity index (χ1v) is 9.62. The van der Waals surface area contributed by atoms with Crippen LogP contribution in [0.3, 0.4) is 0 Å². The van der Waals surface area contributed by atoms with Crippen LogP contribution in [0.4, 0.5) is 8.78 Å². The molecule has 2 aliphatic carbocycles. The molecule has 2 N–H and O–H groups in total. The first-order valence-electron chi connectivity index (χ1n) is 9.62. The van der Waals surface area contributed by atoms with Crippen molar-refractivity contribution in [1.29, 1.82) is 0 Å². The van der Waals surface area contributed by atoms with Crippen molar-refractivity contribution >= 4 is 5.91 Å². The molecular formula is C21H20F2N4O2. The van der Waals surface area contributed by atoms with Crippen molar-refractivity contribution in [2.45, 2.75) is 50.4 Å². The predicted octanol–water partition coefficient (Wildman–Crippen LogP) is 3.93. The van der Waals surface area contributed by atoms with E-state index in [2.05, 4.69) is 10.1 Å². The fourth-order valence-corrected chi connectivity index (χ4v) is 4.52. The molecular weight excluding hydrogens is 378 g/mol. The zero-order valence-corrected chi connectivity index (χ0v) is 16.1. The van der Waals surface area contributed by atoms with Crippen LogP contribution in [0.1, 0.15) is 62.0 Å². The molecule has 150 valence electrons. The van der Waals surface area contributed by atoms with Gasteiger partial charge in [0.2, 0.25) is 11.8 Å². The van der Waals surface area contributed by atoms with Gasteiger partial charge in [0.25, 0.3) is 0 Å². The number of carbonyl (C=O) groups excluding carboxylic acids is 1. The minimum atomic E-state index is -1.01. The summed E-state index contributed by atoms with van der Waals surface area (Å²) in [6, 6.07) is 3.47. The minimum Gasteiger partial charge on any atom is -0.439 e. The monoisotopic (exact) mass is 398 g/mol. The summed E-state index contributed by atoms with van der Waals surface area (Å²) in [6.45, 7) is 3.33. The molecule has 2 aliphatic rings. The van der Waals surface area contributed by atoms with E-state index in [1.807, 2.05) is 0 Å². The molecule has 1 saturated carbocycles. The normalized spacial score (nSPS) is 20.3. The molecule has 2 aromatic heterocycles. The van der Waals surface area contributed by atoms with Crippen molar-refractivity contribution in [3.05, 3.63) is 53.0 Å². The van der Waals surface area contributed by atoms with Gasteiger partial charge in [-0.1, -0.05) is 0 Å². The Labute approximate surface area is 165 Å². The molecule has 2 bridgehead atoms. The fourth-order valence-electron chi connectivity index (χ4n) is 4.52. The highest BCUT2D eigenvalue weighted by atomic mass is 19.1. The molecule has 1 aromatic carbocycles. The van der Waals surface area contributed by atoms with Crippen LogP contribution in [0.5, 0.6) is 0 Å². The molecule has 2 heterocycles. The number of halogens is 2. The Kier molecular flexibility index (Phi) is 3.72. The number of hydrogen-bond donors (Lipinski definition) is 1. The third-order valence-corrected chi connectivity index (χ3v) is 6.27. The highest BCUT2D eigenvalue weighted by Crippen LogP contribution is 2.56. The van der Waals surface area contributed by atoms with Gasteiger partial charge in [0, 0.05) is 17.5 Å². The van der Waals surface area contributed by atoms with E-state index < -0.39 is 23.0 Å². The summed E-state index contributed by atoms with van der Waals surface area (Å²) in [4.78, 5) is 16.1. The number of rotatable bonds is 4. The molecule has 2 unspecified atom stereocenters. The lowest BCUT2D eigenvalue weighted by Gasteiger charge is -2.16. The Morgan fingerprint density at radius 1 is 1.28 bits per heavy atom. The van der Waals surface area contributed by atoms with E-state index in [-0.39, 0.29) is 17.5 Å². The lowest BCUT2D eigenvalue weighted by atomic mass is 9.90. The van der Waals surface area contributed by atoms with Crippen LogP contribution >= 0.6 is 0 Å². The Bertz CT molecular complexity index is 1150. The topological polar surface area (TPSA) is 86.9 Å². The summed E-state index contributed by atoms with van der Waals surface area (Å²) in [6.07, 6.45) is 4.50. The molecule has 5 rings (SSSR count). The lowest BCUT2D eigenvalue weighted by molar-refractivity contribution is -0.122. The average molecular weight is 398 g/mol. The van der Waals surface area contributed by atoms with Gasteiger partial charge in [-0.3, -0.25) is 4.79 Å². The van der Waals surface area contributed by atoms with Crippen molar-refractivity contribution in [3.8, 4) is 17.3 Å². The van der Waals surface area contributed by atoms with E-state index in [0.717, 1.165) is 36.6 Å². The van der Waals surface area contributed by atoms with Crippen LogP contribution in [0.15, 0.2) is 28.8 Å². The molecule has 0 aliphatic heterocycles. The van der Waals surface area contributed by atoms with E-state index in [1.54, 1.807) is 18.5 Å². The number of nitrogens with two attached hydrogens (primary N) is 1. The lowest BCUT2D eigenvalue weighted by Crippen LogP contribution is -2.35. The third kappa shape index (κ3) is 2.54. The summed E-state index contributed by atoms with van der Waals surface area (Å²) in [5.74, 6) is -0.628. The summed E-state index contributed by atoms with van der Waals surface area (Å²) < 4.78 is 35.4. The third-order valence-electron chi connectivity index (χ3n) is 6.27. The van der Waals surface area contributed by atoms with Gasteiger partial charge in [0.1, 0.15) is 22.7 Å². The number of nitrogens with zero attached hydrogens (tertiary/aromatic N) is 3. The summed E-state index contributed by atoms with van der Waals surface area (Å²) in [5.41, 5.74) is 7.16. The van der Waals surface area contributed by atoms with Gasteiger partial charge in [-0.2, -0.15) is 5.10 Å². The molecule has 0 spiro atoms. The molecule has 29 heavy (non-hydrogen) atoms. The Morgan fingerprint density at radius 2 is 2.03 bits per heavy atom. The molecule has 6 nitrogen and oxygen atoms in total. The van der Waals surface area contributed by atoms with Gasteiger partial charge in [-0.15, -0.1) is 0 Å². The molecule has 8 heteroatoms. The molecule has 0 radical (unpaired) electrons. The van der Waals surface area contributed by atoms with Crippen LogP contribution in [0.2, 0.25) is 0 Å². The van der Waals surface area contributed by atoms with E-state index in [0.29, 0.717) is 17.4 Å². The maximum Gasteiger partial charge on any atom is 0.247 e. The second kappa shape index (κ2) is 5.98. The Morgan fingerprint density at radius 3 is 2.76 bits per heavy atom. The van der Waals surface area contributed by atoms with Crippen LogP contribution in [-0.4, -0.2) is 20.7 Å². The largest absolute Gasteiger partial charge is 0.439 e. The highest BCUT2D eigenvalue weighted by Gasteiger charge is 2.44. The molecule has 2 atom stereocenters. The van der Waals surface area contributed by atoms with Gasteiger partial charge < -0.3 is 10.2 Å². The first kappa shape index (κ1) is 18.0. The number of aromatic nitrogens is 3. The van der Waals surface area contributed by atoms with Gasteiger partial charge in [0.05, 0.1) is 11.9 Å². The second-order valence-electron chi connectivity index (χ2n) is 8.38. The van der Waals surface area contributed by atoms with E-state index in [4.69, 9.17) is 10.2 Å².